The first-order valence-corrected chi connectivity index (χ1v) is 12.2. The third kappa shape index (κ3) is 4.41. The molecule has 2 aromatic rings. The zero-order valence-electron chi connectivity index (χ0n) is 19.5. The fourth-order valence-electron chi connectivity index (χ4n) is 5.67. The number of fused-ring (bicyclic) bond motifs is 1. The van der Waals surface area contributed by atoms with Crippen LogP contribution in [0, 0.1) is 0 Å². The Morgan fingerprint density at radius 2 is 1.56 bits per heavy atom. The SMILES string of the molecule is CN1CCN(c2ccc(C(=O)N(C)C3CCCN(C4Cc5ccccc5C4)C3)cc2)CC1. The van der Waals surface area contributed by atoms with E-state index in [1.54, 1.807) is 0 Å². The van der Waals surface area contributed by atoms with Gasteiger partial charge in [0, 0.05) is 63.1 Å². The predicted molar refractivity (Wildman–Crippen MR) is 130 cm³/mol. The van der Waals surface area contributed by atoms with Gasteiger partial charge in [-0.2, -0.15) is 0 Å². The van der Waals surface area contributed by atoms with Gasteiger partial charge in [-0.3, -0.25) is 9.69 Å². The number of nitrogens with zero attached hydrogens (tertiary/aromatic N) is 4. The van der Waals surface area contributed by atoms with Crippen molar-refractivity contribution in [2.75, 3.05) is 58.3 Å². The number of benzene rings is 2. The fourth-order valence-corrected chi connectivity index (χ4v) is 5.67. The molecule has 2 aliphatic heterocycles. The maximum absolute atomic E-state index is 13.3. The van der Waals surface area contributed by atoms with Gasteiger partial charge in [0.2, 0.25) is 0 Å². The normalized spacial score (nSPS) is 22.7. The Labute approximate surface area is 192 Å². The van der Waals surface area contributed by atoms with Crippen molar-refractivity contribution < 1.29 is 4.79 Å². The summed E-state index contributed by atoms with van der Waals surface area (Å²) in [5.41, 5.74) is 5.03. The highest BCUT2D eigenvalue weighted by Crippen LogP contribution is 2.28. The number of amides is 1. The lowest BCUT2D eigenvalue weighted by atomic mass is 10.0. The van der Waals surface area contributed by atoms with Crippen LogP contribution in [0.2, 0.25) is 0 Å². The maximum Gasteiger partial charge on any atom is 0.253 e. The lowest BCUT2D eigenvalue weighted by molar-refractivity contribution is 0.0555. The second kappa shape index (κ2) is 9.24. The van der Waals surface area contributed by atoms with Gasteiger partial charge < -0.3 is 14.7 Å². The molecule has 1 amide bonds. The average molecular weight is 433 g/mol. The number of anilines is 1. The zero-order chi connectivity index (χ0) is 22.1. The Kier molecular flexibility index (Phi) is 6.20. The second-order valence-electron chi connectivity index (χ2n) is 9.88. The summed E-state index contributed by atoms with van der Waals surface area (Å²) >= 11 is 0. The Morgan fingerprint density at radius 1 is 0.906 bits per heavy atom. The molecular weight excluding hydrogens is 396 g/mol. The summed E-state index contributed by atoms with van der Waals surface area (Å²) in [6, 6.07) is 18.0. The fraction of sp³-hybridized carbons (Fsp3) is 0.519. The largest absolute Gasteiger partial charge is 0.369 e. The molecule has 1 unspecified atom stereocenters. The minimum Gasteiger partial charge on any atom is -0.369 e. The molecule has 0 radical (unpaired) electrons. The van der Waals surface area contributed by atoms with Crippen LogP contribution in [0.15, 0.2) is 48.5 Å². The molecule has 1 aliphatic carbocycles. The highest BCUT2D eigenvalue weighted by atomic mass is 16.2. The van der Waals surface area contributed by atoms with Crippen LogP contribution in [0.4, 0.5) is 5.69 Å². The van der Waals surface area contributed by atoms with Gasteiger partial charge in [0.05, 0.1) is 0 Å². The van der Waals surface area contributed by atoms with Gasteiger partial charge in [-0.1, -0.05) is 24.3 Å². The van der Waals surface area contributed by atoms with E-state index in [0.717, 1.165) is 70.5 Å². The van der Waals surface area contributed by atoms with Gasteiger partial charge in [0.15, 0.2) is 0 Å². The van der Waals surface area contributed by atoms with Crippen molar-refractivity contribution in [2.45, 2.75) is 37.8 Å². The van der Waals surface area contributed by atoms with Crippen LogP contribution < -0.4 is 4.90 Å². The summed E-state index contributed by atoms with van der Waals surface area (Å²) in [6.45, 7) is 6.41. The Morgan fingerprint density at radius 3 is 2.22 bits per heavy atom. The number of likely N-dealkylation sites (tertiary alicyclic amines) is 1. The molecule has 5 rings (SSSR count). The number of carbonyl (C=O) groups excluding carboxylic acids is 1. The highest BCUT2D eigenvalue weighted by Gasteiger charge is 2.33. The van der Waals surface area contributed by atoms with Gasteiger partial charge in [-0.25, -0.2) is 0 Å². The van der Waals surface area contributed by atoms with E-state index in [1.165, 1.54) is 16.8 Å². The molecule has 5 heteroatoms. The summed E-state index contributed by atoms with van der Waals surface area (Å²) in [5.74, 6) is 0.150. The number of rotatable bonds is 4. The third-order valence-corrected chi connectivity index (χ3v) is 7.82. The predicted octanol–water partition coefficient (Wildman–Crippen LogP) is 3.14. The first kappa shape index (κ1) is 21.5. The lowest BCUT2D eigenvalue weighted by Crippen LogP contribution is -2.51. The smallest absolute Gasteiger partial charge is 0.253 e. The number of piperazine rings is 1. The summed E-state index contributed by atoms with van der Waals surface area (Å²) in [6.07, 6.45) is 4.55. The first-order chi connectivity index (χ1) is 15.6. The summed E-state index contributed by atoms with van der Waals surface area (Å²) < 4.78 is 0. The van der Waals surface area contributed by atoms with Crippen LogP contribution in [0.3, 0.4) is 0 Å². The van der Waals surface area contributed by atoms with Crippen molar-refractivity contribution in [3.05, 3.63) is 65.2 Å². The van der Waals surface area contributed by atoms with Gasteiger partial charge in [0.25, 0.3) is 5.91 Å². The van der Waals surface area contributed by atoms with E-state index < -0.39 is 0 Å². The van der Waals surface area contributed by atoms with Crippen LogP contribution in [-0.2, 0) is 12.8 Å². The van der Waals surface area contributed by atoms with Crippen LogP contribution in [0.5, 0.6) is 0 Å². The first-order valence-electron chi connectivity index (χ1n) is 12.2. The van der Waals surface area contributed by atoms with Crippen molar-refractivity contribution >= 4 is 11.6 Å². The van der Waals surface area contributed by atoms with Crippen molar-refractivity contribution in [1.82, 2.24) is 14.7 Å². The van der Waals surface area contributed by atoms with Gasteiger partial charge in [0.1, 0.15) is 0 Å². The van der Waals surface area contributed by atoms with Crippen LogP contribution >= 0.6 is 0 Å². The quantitative estimate of drug-likeness (QED) is 0.743. The molecule has 0 aromatic heterocycles. The zero-order valence-corrected chi connectivity index (χ0v) is 19.5. The molecule has 0 spiro atoms. The van der Waals surface area contributed by atoms with Crippen molar-refractivity contribution in [2.24, 2.45) is 0 Å². The van der Waals surface area contributed by atoms with E-state index in [0.29, 0.717) is 6.04 Å². The van der Waals surface area contributed by atoms with E-state index in [2.05, 4.69) is 58.1 Å². The van der Waals surface area contributed by atoms with Gasteiger partial charge in [-0.15, -0.1) is 0 Å². The number of carbonyl (C=O) groups is 1. The van der Waals surface area contributed by atoms with Crippen LogP contribution in [0.1, 0.15) is 34.3 Å². The standard InChI is InChI=1S/C27H36N4O/c1-28-14-16-30(17-15-28)24-11-9-21(10-12-24)27(32)29(2)25-8-5-13-31(20-25)26-18-22-6-3-4-7-23(22)19-26/h3-4,6-7,9-12,25-26H,5,8,13-20H2,1-2H3. The monoisotopic (exact) mass is 432 g/mol. The number of hydrogen-bond donors (Lipinski definition) is 0. The molecule has 1 atom stereocenters. The molecule has 2 saturated heterocycles. The van der Waals surface area contributed by atoms with E-state index >= 15 is 0 Å². The van der Waals surface area contributed by atoms with Gasteiger partial charge in [-0.05, 0) is 74.7 Å². The molecule has 0 bridgehead atoms. The van der Waals surface area contributed by atoms with Gasteiger partial charge >= 0.3 is 0 Å². The Bertz CT molecular complexity index is 910. The summed E-state index contributed by atoms with van der Waals surface area (Å²) in [5, 5.41) is 0. The van der Waals surface area contributed by atoms with Crippen molar-refractivity contribution in [3.8, 4) is 0 Å². The summed E-state index contributed by atoms with van der Waals surface area (Å²) in [7, 11) is 4.17. The maximum atomic E-state index is 13.3. The Hall–Kier alpha value is -2.37. The molecule has 170 valence electrons. The molecule has 2 heterocycles. The molecule has 3 aliphatic rings. The molecule has 2 aromatic carbocycles. The van der Waals surface area contributed by atoms with E-state index in [9.17, 15) is 4.79 Å². The lowest BCUT2D eigenvalue weighted by Gasteiger charge is -2.40. The average Bonchev–Trinajstić information content (AvgIpc) is 3.28. The summed E-state index contributed by atoms with van der Waals surface area (Å²) in [4.78, 5) is 22.7. The van der Waals surface area contributed by atoms with Crippen LogP contribution in [-0.4, -0.2) is 86.1 Å². The van der Waals surface area contributed by atoms with Crippen molar-refractivity contribution in [1.29, 1.82) is 0 Å². The van der Waals surface area contributed by atoms with Crippen molar-refractivity contribution in [3.63, 3.8) is 0 Å². The molecule has 0 saturated carbocycles. The minimum atomic E-state index is 0.150. The topological polar surface area (TPSA) is 30.0 Å². The number of piperidine rings is 1. The Balaban J connectivity index is 1.20. The minimum absolute atomic E-state index is 0.150. The molecule has 32 heavy (non-hydrogen) atoms. The molecule has 2 fully saturated rings. The third-order valence-electron chi connectivity index (χ3n) is 7.82. The second-order valence-corrected chi connectivity index (χ2v) is 9.88. The number of likely N-dealkylation sites (N-methyl/N-ethyl adjacent to an activating group) is 2. The van der Waals surface area contributed by atoms with E-state index in [4.69, 9.17) is 0 Å². The molecule has 0 N–H and O–H groups in total. The molecule has 5 nitrogen and oxygen atoms in total. The number of hydrogen-bond acceptors (Lipinski definition) is 4. The van der Waals surface area contributed by atoms with E-state index in [-0.39, 0.29) is 11.9 Å². The highest BCUT2D eigenvalue weighted by molar-refractivity contribution is 5.94. The van der Waals surface area contributed by atoms with Crippen LogP contribution in [0.25, 0.3) is 0 Å². The van der Waals surface area contributed by atoms with E-state index in [1.807, 2.05) is 24.1 Å². The molecular formula is C27H36N4O.